The monoisotopic (exact) mass is 259 g/mol. The van der Waals surface area contributed by atoms with Crippen LogP contribution in [-0.4, -0.2) is 28.7 Å². The minimum absolute atomic E-state index is 0.564. The van der Waals surface area contributed by atoms with Gasteiger partial charge in [-0.1, -0.05) is 35.3 Å². The van der Waals surface area contributed by atoms with E-state index in [0.717, 1.165) is 25.1 Å². The third-order valence-corrected chi connectivity index (χ3v) is 3.81. The van der Waals surface area contributed by atoms with Crippen LogP contribution in [0.5, 0.6) is 0 Å². The number of benzene rings is 1. The maximum absolute atomic E-state index is 9.87. The lowest BCUT2D eigenvalue weighted by Gasteiger charge is -2.19. The lowest BCUT2D eigenvalue weighted by atomic mass is 10.1. The van der Waals surface area contributed by atoms with Gasteiger partial charge < -0.3 is 5.11 Å². The molecule has 1 N–H and O–H groups in total. The molecule has 0 bridgehead atoms. The molecular weight excluding hydrogens is 245 g/mol. The highest BCUT2D eigenvalue weighted by molar-refractivity contribution is 6.42. The van der Waals surface area contributed by atoms with E-state index in [1.165, 1.54) is 0 Å². The first-order chi connectivity index (χ1) is 7.48. The van der Waals surface area contributed by atoms with Gasteiger partial charge in [0.05, 0.1) is 15.6 Å². The number of hydrogen-bond acceptors (Lipinski definition) is 2. The Morgan fingerprint density at radius 3 is 2.81 bits per heavy atom. The molecule has 1 atom stereocenters. The summed E-state index contributed by atoms with van der Waals surface area (Å²) in [6.07, 6.45) is 0.811. The van der Waals surface area contributed by atoms with Crippen molar-refractivity contribution in [2.45, 2.75) is 25.5 Å². The van der Waals surface area contributed by atoms with Gasteiger partial charge in [0.1, 0.15) is 0 Å². The van der Waals surface area contributed by atoms with Gasteiger partial charge in [-0.2, -0.15) is 0 Å². The molecule has 0 aliphatic carbocycles. The van der Waals surface area contributed by atoms with Crippen molar-refractivity contribution < 1.29 is 5.11 Å². The highest BCUT2D eigenvalue weighted by atomic mass is 35.5. The Hall–Kier alpha value is -0.280. The van der Waals surface area contributed by atoms with E-state index < -0.39 is 5.60 Å². The van der Waals surface area contributed by atoms with Crippen molar-refractivity contribution >= 4 is 23.2 Å². The van der Waals surface area contributed by atoms with Crippen LogP contribution < -0.4 is 0 Å². The van der Waals surface area contributed by atoms with Gasteiger partial charge in [0.25, 0.3) is 0 Å². The van der Waals surface area contributed by atoms with Gasteiger partial charge in [-0.3, -0.25) is 4.90 Å². The Morgan fingerprint density at radius 2 is 2.19 bits per heavy atom. The molecule has 1 aliphatic heterocycles. The number of aliphatic hydroxyl groups is 1. The van der Waals surface area contributed by atoms with Crippen molar-refractivity contribution in [1.29, 1.82) is 0 Å². The fraction of sp³-hybridized carbons (Fsp3) is 0.500. The molecule has 1 heterocycles. The summed E-state index contributed by atoms with van der Waals surface area (Å²) in [5, 5.41) is 11.1. The Morgan fingerprint density at radius 1 is 1.44 bits per heavy atom. The van der Waals surface area contributed by atoms with Gasteiger partial charge in [-0.25, -0.2) is 0 Å². The molecule has 0 radical (unpaired) electrons. The minimum Gasteiger partial charge on any atom is -0.389 e. The average molecular weight is 260 g/mol. The Bertz CT molecular complexity index is 393. The van der Waals surface area contributed by atoms with Crippen LogP contribution in [0.1, 0.15) is 18.9 Å². The number of nitrogens with zero attached hydrogens (tertiary/aromatic N) is 1. The SMILES string of the molecule is CC1(O)CCN(Cc2cccc(Cl)c2Cl)C1. The molecule has 4 heteroatoms. The third kappa shape index (κ3) is 2.69. The first-order valence-corrected chi connectivity index (χ1v) is 6.11. The number of rotatable bonds is 2. The summed E-state index contributed by atoms with van der Waals surface area (Å²) in [7, 11) is 0. The summed E-state index contributed by atoms with van der Waals surface area (Å²) in [5.74, 6) is 0. The minimum atomic E-state index is -0.564. The molecule has 0 spiro atoms. The zero-order valence-corrected chi connectivity index (χ0v) is 10.7. The molecule has 0 amide bonds. The lowest BCUT2D eigenvalue weighted by molar-refractivity contribution is 0.0679. The summed E-state index contributed by atoms with van der Waals surface area (Å²) >= 11 is 12.1. The lowest BCUT2D eigenvalue weighted by Crippen LogP contribution is -2.29. The topological polar surface area (TPSA) is 23.5 Å². The van der Waals surface area contributed by atoms with E-state index in [4.69, 9.17) is 23.2 Å². The maximum atomic E-state index is 9.87. The van der Waals surface area contributed by atoms with Crippen molar-refractivity contribution in [2.24, 2.45) is 0 Å². The molecule has 1 saturated heterocycles. The number of halogens is 2. The summed E-state index contributed by atoms with van der Waals surface area (Å²) in [5.41, 5.74) is 0.456. The second-order valence-electron chi connectivity index (χ2n) is 4.67. The zero-order valence-electron chi connectivity index (χ0n) is 9.21. The van der Waals surface area contributed by atoms with Gasteiger partial charge >= 0.3 is 0 Å². The van der Waals surface area contributed by atoms with Crippen LogP contribution in [0.25, 0.3) is 0 Å². The van der Waals surface area contributed by atoms with Crippen LogP contribution in [0.2, 0.25) is 10.0 Å². The van der Waals surface area contributed by atoms with E-state index in [9.17, 15) is 5.11 Å². The predicted molar refractivity (Wildman–Crippen MR) is 67.0 cm³/mol. The van der Waals surface area contributed by atoms with Gasteiger partial charge in [0, 0.05) is 19.6 Å². The van der Waals surface area contributed by atoms with Crippen LogP contribution in [-0.2, 0) is 6.54 Å². The summed E-state index contributed by atoms with van der Waals surface area (Å²) in [6.45, 7) is 4.20. The predicted octanol–water partition coefficient (Wildman–Crippen LogP) is 2.95. The van der Waals surface area contributed by atoms with Crippen LogP contribution >= 0.6 is 23.2 Å². The fourth-order valence-corrected chi connectivity index (χ4v) is 2.47. The molecule has 1 aromatic rings. The highest BCUT2D eigenvalue weighted by Gasteiger charge is 2.31. The zero-order chi connectivity index (χ0) is 11.8. The third-order valence-electron chi connectivity index (χ3n) is 2.96. The van der Waals surface area contributed by atoms with Crippen molar-refractivity contribution in [3.63, 3.8) is 0 Å². The summed E-state index contributed by atoms with van der Waals surface area (Å²) in [4.78, 5) is 2.19. The largest absolute Gasteiger partial charge is 0.389 e. The summed E-state index contributed by atoms with van der Waals surface area (Å²) in [6, 6.07) is 5.66. The maximum Gasteiger partial charge on any atom is 0.0758 e. The van der Waals surface area contributed by atoms with Crippen molar-refractivity contribution in [3.05, 3.63) is 33.8 Å². The number of hydrogen-bond donors (Lipinski definition) is 1. The van der Waals surface area contributed by atoms with Crippen molar-refractivity contribution in [2.75, 3.05) is 13.1 Å². The first kappa shape index (κ1) is 12.2. The molecule has 1 unspecified atom stereocenters. The van der Waals surface area contributed by atoms with Gasteiger partial charge in [-0.15, -0.1) is 0 Å². The van der Waals surface area contributed by atoms with Crippen molar-refractivity contribution in [3.8, 4) is 0 Å². The van der Waals surface area contributed by atoms with Gasteiger partial charge in [0.2, 0.25) is 0 Å². The average Bonchev–Trinajstić information content (AvgIpc) is 2.53. The van der Waals surface area contributed by atoms with E-state index in [1.807, 2.05) is 19.1 Å². The molecule has 2 nitrogen and oxygen atoms in total. The molecule has 1 aromatic carbocycles. The number of likely N-dealkylation sites (tertiary alicyclic amines) is 1. The highest BCUT2D eigenvalue weighted by Crippen LogP contribution is 2.28. The normalized spacial score (nSPS) is 26.2. The first-order valence-electron chi connectivity index (χ1n) is 5.35. The van der Waals surface area contributed by atoms with Crippen LogP contribution in [0.3, 0.4) is 0 Å². The number of β-amino-alcohol motifs (C(OH)–C–C–N with tert-alkyl or cyclic N) is 1. The molecule has 1 fully saturated rings. The molecule has 0 saturated carbocycles. The van der Waals surface area contributed by atoms with E-state index >= 15 is 0 Å². The smallest absolute Gasteiger partial charge is 0.0758 e. The second-order valence-corrected chi connectivity index (χ2v) is 5.46. The molecular formula is C12H15Cl2NO. The van der Waals surface area contributed by atoms with E-state index in [0.29, 0.717) is 16.6 Å². The molecule has 2 rings (SSSR count). The van der Waals surface area contributed by atoms with Crippen molar-refractivity contribution in [1.82, 2.24) is 4.90 Å². The Balaban J connectivity index is 2.08. The molecule has 16 heavy (non-hydrogen) atoms. The Kier molecular flexibility index (Phi) is 3.45. The van der Waals surface area contributed by atoms with Gasteiger partial charge in [0.15, 0.2) is 0 Å². The van der Waals surface area contributed by atoms with Crippen LogP contribution in [0.15, 0.2) is 18.2 Å². The summed E-state index contributed by atoms with van der Waals surface area (Å²) < 4.78 is 0. The van der Waals surface area contributed by atoms with E-state index in [1.54, 1.807) is 6.07 Å². The fourth-order valence-electron chi connectivity index (χ4n) is 2.09. The van der Waals surface area contributed by atoms with Crippen LogP contribution in [0.4, 0.5) is 0 Å². The van der Waals surface area contributed by atoms with Crippen LogP contribution in [0, 0.1) is 0 Å². The van der Waals surface area contributed by atoms with Gasteiger partial charge in [-0.05, 0) is 25.0 Å². The quantitative estimate of drug-likeness (QED) is 0.883. The molecule has 88 valence electrons. The molecule has 1 aliphatic rings. The van der Waals surface area contributed by atoms with E-state index in [-0.39, 0.29) is 0 Å². The Labute approximate surface area is 106 Å². The second kappa shape index (κ2) is 4.53. The molecule has 0 aromatic heterocycles. The van der Waals surface area contributed by atoms with E-state index in [2.05, 4.69) is 4.90 Å². The standard InChI is InChI=1S/C12H15Cl2NO/c1-12(16)5-6-15(8-12)7-9-3-2-4-10(13)11(9)14/h2-4,16H,5-8H2,1H3.